The van der Waals surface area contributed by atoms with E-state index in [4.69, 9.17) is 4.74 Å². The van der Waals surface area contributed by atoms with E-state index in [0.717, 1.165) is 30.9 Å². The van der Waals surface area contributed by atoms with Gasteiger partial charge in [0.25, 0.3) is 5.91 Å². The van der Waals surface area contributed by atoms with Gasteiger partial charge in [0, 0.05) is 51.9 Å². The molecule has 0 aromatic carbocycles. The molecule has 2 aliphatic rings. The molecule has 0 N–H and O–H groups in total. The molecule has 0 saturated carbocycles. The summed E-state index contributed by atoms with van der Waals surface area (Å²) in [4.78, 5) is 40.6. The number of carbonyl (C=O) groups is 2. The lowest BCUT2D eigenvalue weighted by atomic mass is 9.85. The third kappa shape index (κ3) is 3.93. The first-order valence-electron chi connectivity index (χ1n) is 10.3. The molecule has 8 nitrogen and oxygen atoms in total. The van der Waals surface area contributed by atoms with Crippen molar-refractivity contribution in [2.24, 2.45) is 0 Å². The molecule has 30 heavy (non-hydrogen) atoms. The molecule has 0 atom stereocenters. The van der Waals surface area contributed by atoms with Crippen LogP contribution in [0, 0.1) is 0 Å². The number of piperidine rings is 1. The molecule has 2 aliphatic heterocycles. The van der Waals surface area contributed by atoms with E-state index in [1.165, 1.54) is 4.90 Å². The Morgan fingerprint density at radius 2 is 1.90 bits per heavy atom. The average molecular weight is 409 g/mol. The van der Waals surface area contributed by atoms with E-state index in [2.05, 4.69) is 14.9 Å². The molecule has 1 spiro atoms. The number of aromatic nitrogens is 2. The maximum Gasteiger partial charge on any atom is 0.328 e. The Morgan fingerprint density at radius 1 is 1.07 bits per heavy atom. The zero-order valence-corrected chi connectivity index (χ0v) is 17.2. The van der Waals surface area contributed by atoms with E-state index >= 15 is 0 Å². The number of imide groups is 1. The van der Waals surface area contributed by atoms with Crippen molar-refractivity contribution in [3.05, 3.63) is 60.2 Å². The summed E-state index contributed by atoms with van der Waals surface area (Å²) in [6.07, 6.45) is 6.39. The minimum Gasteiger partial charge on any atom is -0.383 e. The maximum absolute atomic E-state index is 13.5. The Morgan fingerprint density at radius 3 is 2.57 bits per heavy atom. The van der Waals surface area contributed by atoms with Gasteiger partial charge in [0.05, 0.1) is 18.8 Å². The van der Waals surface area contributed by atoms with E-state index in [1.807, 2.05) is 30.3 Å². The molecule has 8 heteroatoms. The van der Waals surface area contributed by atoms with Gasteiger partial charge in [0.2, 0.25) is 0 Å². The van der Waals surface area contributed by atoms with Crippen molar-refractivity contribution >= 4 is 11.9 Å². The molecular formula is C22H27N5O3. The number of urea groups is 1. The average Bonchev–Trinajstić information content (AvgIpc) is 2.96. The van der Waals surface area contributed by atoms with Crippen molar-refractivity contribution in [2.75, 3.05) is 33.4 Å². The lowest BCUT2D eigenvalue weighted by Gasteiger charge is -2.42. The number of pyridine rings is 2. The SMILES string of the molecule is COCCN1C(=O)N(Cc2cccnc2)C(=O)C12CCN(Cc1ccccn1)CC2. The van der Waals surface area contributed by atoms with Crippen molar-refractivity contribution in [3.63, 3.8) is 0 Å². The van der Waals surface area contributed by atoms with Crippen LogP contribution in [0.3, 0.4) is 0 Å². The van der Waals surface area contributed by atoms with Gasteiger partial charge in [-0.2, -0.15) is 0 Å². The fourth-order valence-corrected chi connectivity index (χ4v) is 4.37. The predicted octanol–water partition coefficient (Wildman–Crippen LogP) is 1.92. The fraction of sp³-hybridized carbons (Fsp3) is 0.455. The lowest BCUT2D eigenvalue weighted by Crippen LogP contribution is -2.57. The van der Waals surface area contributed by atoms with Crippen LogP contribution in [0.4, 0.5) is 4.79 Å². The van der Waals surface area contributed by atoms with Gasteiger partial charge >= 0.3 is 6.03 Å². The van der Waals surface area contributed by atoms with Gasteiger partial charge in [-0.3, -0.25) is 24.6 Å². The fourth-order valence-electron chi connectivity index (χ4n) is 4.37. The van der Waals surface area contributed by atoms with Crippen LogP contribution in [0.5, 0.6) is 0 Å². The summed E-state index contributed by atoms with van der Waals surface area (Å²) >= 11 is 0. The largest absolute Gasteiger partial charge is 0.383 e. The van der Waals surface area contributed by atoms with E-state index in [-0.39, 0.29) is 18.5 Å². The first-order valence-corrected chi connectivity index (χ1v) is 10.3. The van der Waals surface area contributed by atoms with Gasteiger partial charge in [-0.15, -0.1) is 0 Å². The summed E-state index contributed by atoms with van der Waals surface area (Å²) in [6, 6.07) is 9.36. The molecule has 2 saturated heterocycles. The van der Waals surface area contributed by atoms with Crippen molar-refractivity contribution in [3.8, 4) is 0 Å². The van der Waals surface area contributed by atoms with Crippen molar-refractivity contribution in [1.82, 2.24) is 24.7 Å². The molecule has 0 aliphatic carbocycles. The number of hydrogen-bond acceptors (Lipinski definition) is 6. The smallest absolute Gasteiger partial charge is 0.328 e. The van der Waals surface area contributed by atoms with Crippen molar-refractivity contribution < 1.29 is 14.3 Å². The van der Waals surface area contributed by atoms with Crippen LogP contribution in [0.15, 0.2) is 48.9 Å². The Balaban J connectivity index is 1.51. The van der Waals surface area contributed by atoms with Crippen LogP contribution in [-0.4, -0.2) is 75.5 Å². The Labute approximate surface area is 176 Å². The van der Waals surface area contributed by atoms with Gasteiger partial charge in [-0.1, -0.05) is 12.1 Å². The highest BCUT2D eigenvalue weighted by Gasteiger charge is 2.57. The zero-order valence-electron chi connectivity index (χ0n) is 17.2. The summed E-state index contributed by atoms with van der Waals surface area (Å²) < 4.78 is 5.22. The molecule has 3 amide bonds. The third-order valence-electron chi connectivity index (χ3n) is 6.00. The van der Waals surface area contributed by atoms with Crippen molar-refractivity contribution in [1.29, 1.82) is 0 Å². The van der Waals surface area contributed by atoms with Crippen LogP contribution in [0.2, 0.25) is 0 Å². The van der Waals surface area contributed by atoms with E-state index in [9.17, 15) is 9.59 Å². The Kier molecular flexibility index (Phi) is 6.06. The van der Waals surface area contributed by atoms with Gasteiger partial charge < -0.3 is 9.64 Å². The van der Waals surface area contributed by atoms with Gasteiger partial charge in [0.15, 0.2) is 0 Å². The normalized spacial score (nSPS) is 19.1. The van der Waals surface area contributed by atoms with Gasteiger partial charge in [0.1, 0.15) is 5.54 Å². The standard InChI is InChI=1S/C22H27N5O3/c1-30-14-13-27-21(29)26(16-18-5-4-9-23-15-18)20(28)22(27)7-11-25(12-8-22)17-19-6-2-3-10-24-19/h2-6,9-10,15H,7-8,11-14,16-17H2,1H3. The number of likely N-dealkylation sites (tertiary alicyclic amines) is 1. The van der Waals surface area contributed by atoms with E-state index < -0.39 is 5.54 Å². The first kappa shape index (κ1) is 20.4. The van der Waals surface area contributed by atoms with Crippen LogP contribution < -0.4 is 0 Å². The predicted molar refractivity (Wildman–Crippen MR) is 110 cm³/mol. The second-order valence-corrected chi connectivity index (χ2v) is 7.81. The number of methoxy groups -OCH3 is 1. The van der Waals surface area contributed by atoms with Gasteiger partial charge in [-0.05, 0) is 36.6 Å². The molecule has 0 radical (unpaired) electrons. The number of hydrogen-bond donors (Lipinski definition) is 0. The molecule has 0 unspecified atom stereocenters. The lowest BCUT2D eigenvalue weighted by molar-refractivity contribution is -0.136. The molecule has 2 fully saturated rings. The quantitative estimate of drug-likeness (QED) is 0.650. The van der Waals surface area contributed by atoms with Crippen LogP contribution in [0.25, 0.3) is 0 Å². The van der Waals surface area contributed by atoms with Gasteiger partial charge in [-0.25, -0.2) is 4.79 Å². The highest BCUT2D eigenvalue weighted by atomic mass is 16.5. The molecule has 2 aromatic rings. The first-order chi connectivity index (χ1) is 14.6. The molecule has 0 bridgehead atoms. The van der Waals surface area contributed by atoms with E-state index in [0.29, 0.717) is 26.0 Å². The number of carbonyl (C=O) groups excluding carboxylic acids is 2. The van der Waals surface area contributed by atoms with E-state index in [1.54, 1.807) is 30.6 Å². The Hall–Kier alpha value is -2.84. The zero-order chi connectivity index (χ0) is 21.0. The minimum absolute atomic E-state index is 0.107. The molecule has 4 heterocycles. The highest BCUT2D eigenvalue weighted by molar-refractivity contribution is 6.07. The molecular weight excluding hydrogens is 382 g/mol. The summed E-state index contributed by atoms with van der Waals surface area (Å²) in [5.41, 5.74) is 1.06. The number of amides is 3. The van der Waals surface area contributed by atoms with Crippen LogP contribution in [-0.2, 0) is 22.6 Å². The Bertz CT molecular complexity index is 869. The summed E-state index contributed by atoms with van der Waals surface area (Å²) in [5.74, 6) is -0.107. The molecule has 158 valence electrons. The topological polar surface area (TPSA) is 78.9 Å². The highest BCUT2D eigenvalue weighted by Crippen LogP contribution is 2.38. The summed E-state index contributed by atoms with van der Waals surface area (Å²) in [7, 11) is 1.61. The maximum atomic E-state index is 13.5. The number of nitrogens with zero attached hydrogens (tertiary/aromatic N) is 5. The summed E-state index contributed by atoms with van der Waals surface area (Å²) in [5, 5.41) is 0. The third-order valence-corrected chi connectivity index (χ3v) is 6.00. The minimum atomic E-state index is -0.793. The number of ether oxygens (including phenoxy) is 1. The molecule has 4 rings (SSSR count). The summed E-state index contributed by atoms with van der Waals surface area (Å²) in [6.45, 7) is 3.27. The second kappa shape index (κ2) is 8.89. The molecule has 2 aromatic heterocycles. The number of rotatable bonds is 7. The van der Waals surface area contributed by atoms with Crippen LogP contribution >= 0.6 is 0 Å². The van der Waals surface area contributed by atoms with Crippen LogP contribution in [0.1, 0.15) is 24.1 Å². The monoisotopic (exact) mass is 409 g/mol. The second-order valence-electron chi connectivity index (χ2n) is 7.81. The van der Waals surface area contributed by atoms with Crippen molar-refractivity contribution in [2.45, 2.75) is 31.5 Å².